The molecule has 0 nitrogen and oxygen atoms in total. The summed E-state index contributed by atoms with van der Waals surface area (Å²) in [6, 6.07) is 104. The molecule has 0 saturated carbocycles. The van der Waals surface area contributed by atoms with E-state index in [1.165, 1.54) is 95.6 Å². The molecule has 0 radical (unpaired) electrons. The van der Waals surface area contributed by atoms with E-state index < -0.39 is 15.8 Å². The number of hydrogen-bond donors (Lipinski definition) is 0. The summed E-state index contributed by atoms with van der Waals surface area (Å²) in [7, 11) is 6.58. The summed E-state index contributed by atoms with van der Waals surface area (Å²) in [6.07, 6.45) is 14.8. The Balaban J connectivity index is -0.000000564. The van der Waals surface area contributed by atoms with E-state index in [-0.39, 0.29) is 1.43 Å². The van der Waals surface area contributed by atoms with E-state index in [0.29, 0.717) is 0 Å². The Labute approximate surface area is 647 Å². The van der Waals surface area contributed by atoms with Gasteiger partial charge in [-0.1, -0.05) is 496 Å². The van der Waals surface area contributed by atoms with Gasteiger partial charge in [0.25, 0.3) is 0 Å². The van der Waals surface area contributed by atoms with Gasteiger partial charge in [-0.2, -0.15) is 0 Å². The van der Waals surface area contributed by atoms with E-state index in [0.717, 1.165) is 16.7 Å². The zero-order valence-corrected chi connectivity index (χ0v) is 70.5. The second-order valence-corrected chi connectivity index (χ2v) is 26.7. The van der Waals surface area contributed by atoms with E-state index in [1.807, 2.05) is 153 Å². The van der Waals surface area contributed by atoms with Gasteiger partial charge >= 0.3 is 0 Å². The van der Waals surface area contributed by atoms with Crippen molar-refractivity contribution in [1.29, 1.82) is 0 Å². The van der Waals surface area contributed by atoms with Crippen molar-refractivity contribution in [1.82, 2.24) is 0 Å². The van der Waals surface area contributed by atoms with Gasteiger partial charge in [0.2, 0.25) is 0 Å². The first-order chi connectivity index (χ1) is 49.6. The second kappa shape index (κ2) is 69.0. The van der Waals surface area contributed by atoms with Crippen molar-refractivity contribution in [3.63, 3.8) is 0 Å². The number of allylic oxidation sites excluding steroid dienone is 1. The third-order valence-corrected chi connectivity index (χ3v) is 17.8. The zero-order valence-electron chi connectivity index (χ0n) is 63.2. The molecule has 11 aromatic rings. The lowest BCUT2D eigenvalue weighted by atomic mass is 10.2. The van der Waals surface area contributed by atoms with Crippen LogP contribution >= 0.6 is 39.9 Å². The van der Waals surface area contributed by atoms with Gasteiger partial charge in [-0.25, -0.2) is 0 Å². The Hall–Kier alpha value is -7.72. The molecule has 102 heavy (non-hydrogen) atoms. The summed E-state index contributed by atoms with van der Waals surface area (Å²) < 4.78 is 0. The highest BCUT2D eigenvalue weighted by Crippen LogP contribution is 2.34. The van der Waals surface area contributed by atoms with Crippen LogP contribution in [0.2, 0.25) is 0 Å². The predicted molar refractivity (Wildman–Crippen MR) is 494 cm³/mol. The molecule has 11 aromatic carbocycles. The number of rotatable bonds is 11. The molecule has 0 aromatic heterocycles. The van der Waals surface area contributed by atoms with Gasteiger partial charge in [-0.15, -0.1) is 6.58 Å². The normalized spacial score (nSPS) is 8.81. The topological polar surface area (TPSA) is 0 Å². The number of aryl methyl sites for hydroxylation is 6. The molecule has 0 heterocycles. The molecular weight excluding hydrogens is 1380 g/mol. The van der Waals surface area contributed by atoms with E-state index in [2.05, 4.69) is 364 Å². The van der Waals surface area contributed by atoms with Gasteiger partial charge in [-0.3, -0.25) is 0 Å². The van der Waals surface area contributed by atoms with Crippen LogP contribution in [0.15, 0.2) is 343 Å². The smallest absolute Gasteiger partial charge is 0 e. The van der Waals surface area contributed by atoms with Crippen molar-refractivity contribution in [3.8, 4) is 0 Å². The number of benzene rings is 11. The second-order valence-electron chi connectivity index (χ2n) is 22.3. The molecule has 11 rings (SSSR count). The number of hydrogen-bond acceptors (Lipinski definition) is 3. The first kappa shape index (κ1) is 98.5. The lowest BCUT2D eigenvalue weighted by molar-refractivity contribution is 1.09. The first-order valence-corrected chi connectivity index (χ1v) is 41.7. The average Bonchev–Trinajstić information content (AvgIpc) is 0.816. The van der Waals surface area contributed by atoms with Crippen LogP contribution in [0.3, 0.4) is 0 Å². The largest absolute Gasteiger partial charge is 0.103 e. The van der Waals surface area contributed by atoms with E-state index in [9.17, 15) is 0 Å². The highest BCUT2D eigenvalue weighted by atomic mass is 32.4. The molecule has 536 valence electrons. The molecule has 8 heteroatoms. The maximum atomic E-state index is 3.89. The summed E-state index contributed by atoms with van der Waals surface area (Å²) >= 11 is 11.7. The summed E-state index contributed by atoms with van der Waals surface area (Å²) in [4.78, 5) is 0. The van der Waals surface area contributed by atoms with Gasteiger partial charge in [0.05, 0.1) is 0 Å². The summed E-state index contributed by atoms with van der Waals surface area (Å²) in [5.41, 5.74) is 13.7. The van der Waals surface area contributed by atoms with Crippen molar-refractivity contribution in [2.45, 2.75) is 109 Å². The Morgan fingerprint density at radius 3 is 0.471 bits per heavy atom. The quantitative estimate of drug-likeness (QED) is 0.0936. The fourth-order valence-electron chi connectivity index (χ4n) is 8.04. The molecule has 0 amide bonds. The average molecular weight is 1500 g/mol. The minimum Gasteiger partial charge on any atom is -0.103 e. The van der Waals surface area contributed by atoms with Crippen LogP contribution in [-0.4, -0.2) is 0 Å². The van der Waals surface area contributed by atoms with Gasteiger partial charge in [0.15, 0.2) is 0 Å². The summed E-state index contributed by atoms with van der Waals surface area (Å²) in [5.74, 6) is 0. The standard InChI is InChI=1S/C24H21P.C21H21P.2C8H8.3C7H8.3C3H8.C3H6.3HPS.H2/c1-4-19-7-13-22(14-8-19)25(23-15-9-20(5-2)10-16-23)24-17-11-21(6-3)12-18-24;1-16-4-10-19(11-5-16)22(20-12-6-17(2)7-13-20)21-14-8-18(3)9-15-21;2*1-2-8-6-4-3-5-7-8;3*1-7-5-3-2-4-6-7;4*1-3-2;3*1-2;/h4-18H,1-3H2;4-15H,1-3H3;2*2-7H,1H2;3*2-6H,1H3;3*3H2,1-2H3;3H,1H2,2H3;3*1H;1H/i;;;;;;;;;;;;;;1+1. The van der Waals surface area contributed by atoms with E-state index in [4.69, 9.17) is 0 Å². The fourth-order valence-corrected chi connectivity index (χ4v) is 12.5. The van der Waals surface area contributed by atoms with E-state index >= 15 is 0 Å². The molecule has 0 atom stereocenters. The van der Waals surface area contributed by atoms with E-state index in [1.54, 1.807) is 6.08 Å². The van der Waals surface area contributed by atoms with Crippen LogP contribution in [0.4, 0.5) is 0 Å². The molecular formula is C94H117P5S3. The van der Waals surface area contributed by atoms with Crippen molar-refractivity contribution in [2.24, 2.45) is 0 Å². The molecule has 0 bridgehead atoms. The van der Waals surface area contributed by atoms with Crippen LogP contribution in [0.5, 0.6) is 0 Å². The van der Waals surface area contributed by atoms with Crippen LogP contribution in [0, 0.1) is 41.5 Å². The van der Waals surface area contributed by atoms with Gasteiger partial charge in [0.1, 0.15) is 0 Å². The van der Waals surface area contributed by atoms with Gasteiger partial charge in [0, 0.05) is 1.43 Å². The SMILES string of the molecule is C=CC.C=Cc1ccc(P(c2ccc(C=C)cc2)c2ccc(C=C)cc2)cc1.C=Cc1ccccc1.C=Cc1ccccc1.CCC.CCC.CCC.Cc1ccc(P(c2ccc(C)cc2)c2ccc(C)cc2)cc1.Cc1ccccc1.Cc1ccccc1.Cc1ccccc1.P=S.P=S.P=S.[2HH]. The minimum atomic E-state index is -0.601. The molecule has 0 unspecified atom stereocenters. The zero-order chi connectivity index (χ0) is 77.0. The molecule has 0 aliphatic rings. The summed E-state index contributed by atoms with van der Waals surface area (Å²) in [5, 5.41) is 8.23. The monoisotopic (exact) mass is 1500 g/mol. The van der Waals surface area contributed by atoms with Crippen molar-refractivity contribution in [2.75, 3.05) is 0 Å². The third kappa shape index (κ3) is 48.2. The van der Waals surface area contributed by atoms with Crippen LogP contribution in [0.25, 0.3) is 30.4 Å². The Morgan fingerprint density at radius 2 is 0.353 bits per heavy atom. The lowest BCUT2D eigenvalue weighted by Crippen LogP contribution is -2.20. The van der Waals surface area contributed by atoms with Crippen LogP contribution < -0.4 is 31.8 Å². The van der Waals surface area contributed by atoms with Gasteiger partial charge < -0.3 is 0 Å². The molecule has 0 spiro atoms. The first-order valence-electron chi connectivity index (χ1n) is 34.1. The molecule has 0 aliphatic carbocycles. The molecule has 0 fully saturated rings. The van der Waals surface area contributed by atoms with Crippen molar-refractivity contribution < 1.29 is 1.43 Å². The highest BCUT2D eigenvalue weighted by Gasteiger charge is 2.18. The fraction of sp³-hybridized carbons (Fsp3) is 0.170. The maximum Gasteiger partial charge on any atom is 0 e. The molecule has 0 aliphatic heterocycles. The lowest BCUT2D eigenvalue weighted by Gasteiger charge is -2.20. The molecule has 0 N–H and O–H groups in total. The van der Waals surface area contributed by atoms with Crippen molar-refractivity contribution >= 4 is 138 Å². The Kier molecular flexibility index (Phi) is 66.6. The van der Waals surface area contributed by atoms with Crippen molar-refractivity contribution in [3.05, 3.63) is 404 Å². The van der Waals surface area contributed by atoms with Crippen LogP contribution in [0.1, 0.15) is 130 Å². The van der Waals surface area contributed by atoms with Gasteiger partial charge in [-0.05, 0) is 148 Å². The Bertz CT molecular complexity index is 3390. The summed E-state index contributed by atoms with van der Waals surface area (Å²) in [6.45, 7) is 49.5. The maximum absolute atomic E-state index is 3.89. The highest BCUT2D eigenvalue weighted by molar-refractivity contribution is 7.89. The Morgan fingerprint density at radius 1 is 0.235 bits per heavy atom. The minimum absolute atomic E-state index is 0. The predicted octanol–water partition coefficient (Wildman–Crippen LogP) is 27.8. The third-order valence-electron chi connectivity index (χ3n) is 12.9. The van der Waals surface area contributed by atoms with Crippen LogP contribution in [-0.2, 0) is 35.4 Å². The molecule has 0 saturated heterocycles.